The van der Waals surface area contributed by atoms with Gasteiger partial charge in [-0.25, -0.2) is 0 Å². The van der Waals surface area contributed by atoms with E-state index in [9.17, 15) is 14.4 Å². The summed E-state index contributed by atoms with van der Waals surface area (Å²) in [5, 5.41) is 3.01. The van der Waals surface area contributed by atoms with E-state index in [-0.39, 0.29) is 11.8 Å². The second kappa shape index (κ2) is 8.18. The Morgan fingerprint density at radius 3 is 2.17 bits per heavy atom. The predicted molar refractivity (Wildman–Crippen MR) is 116 cm³/mol. The van der Waals surface area contributed by atoms with Gasteiger partial charge in [-0.15, -0.1) is 0 Å². The number of rotatable bonds is 4. The number of benzene rings is 2. The van der Waals surface area contributed by atoms with Crippen molar-refractivity contribution in [2.45, 2.75) is 32.1 Å². The van der Waals surface area contributed by atoms with Gasteiger partial charge < -0.3 is 19.2 Å². The van der Waals surface area contributed by atoms with Crippen molar-refractivity contribution in [1.29, 1.82) is 0 Å². The van der Waals surface area contributed by atoms with E-state index in [1.807, 2.05) is 30.3 Å². The molecule has 30 heavy (non-hydrogen) atoms. The lowest BCUT2D eigenvalue weighted by Gasteiger charge is -2.22. The zero-order valence-electron chi connectivity index (χ0n) is 17.2. The molecule has 3 aromatic rings. The standard InChI is InChI=1S/C23H25N3O4/c1-25-18-13-17(24-21(27)15-9-5-3-6-10-15)20(30-16-11-7-4-8-12-16)14-19(18)26(2)23(29)22(25)28/h4,7-8,11-15H,3,5-6,9-10H2,1-2H3,(H,24,27). The normalized spacial score (nSPS) is 14.6. The molecule has 7 nitrogen and oxygen atoms in total. The Labute approximate surface area is 173 Å². The van der Waals surface area contributed by atoms with Crippen molar-refractivity contribution in [3.63, 3.8) is 0 Å². The van der Waals surface area contributed by atoms with Gasteiger partial charge in [-0.2, -0.15) is 0 Å². The molecule has 0 saturated heterocycles. The summed E-state index contributed by atoms with van der Waals surface area (Å²) in [6.07, 6.45) is 5.03. The molecule has 1 aliphatic carbocycles. The molecule has 4 rings (SSSR count). The van der Waals surface area contributed by atoms with Crippen LogP contribution in [0.1, 0.15) is 32.1 Å². The van der Waals surface area contributed by atoms with Crippen LogP contribution < -0.4 is 21.2 Å². The van der Waals surface area contributed by atoms with Gasteiger partial charge in [-0.3, -0.25) is 14.4 Å². The van der Waals surface area contributed by atoms with Gasteiger partial charge in [0.15, 0.2) is 5.75 Å². The highest BCUT2D eigenvalue weighted by Crippen LogP contribution is 2.34. The Morgan fingerprint density at radius 1 is 0.933 bits per heavy atom. The molecule has 2 aromatic carbocycles. The minimum absolute atomic E-state index is 0.0250. The average Bonchev–Trinajstić information content (AvgIpc) is 2.78. The lowest BCUT2D eigenvalue weighted by molar-refractivity contribution is -0.120. The molecule has 1 heterocycles. The fourth-order valence-electron chi connectivity index (χ4n) is 4.00. The van der Waals surface area contributed by atoms with E-state index in [1.165, 1.54) is 9.13 Å². The van der Waals surface area contributed by atoms with E-state index < -0.39 is 11.1 Å². The molecule has 0 unspecified atom stereocenters. The Balaban J connectivity index is 1.82. The van der Waals surface area contributed by atoms with E-state index in [0.29, 0.717) is 28.2 Å². The Morgan fingerprint density at radius 2 is 1.53 bits per heavy atom. The number of anilines is 1. The maximum atomic E-state index is 12.9. The van der Waals surface area contributed by atoms with Crippen LogP contribution in [0, 0.1) is 5.92 Å². The summed E-state index contributed by atoms with van der Waals surface area (Å²) in [4.78, 5) is 37.4. The molecule has 1 aliphatic rings. The molecule has 1 saturated carbocycles. The van der Waals surface area contributed by atoms with Crippen LogP contribution in [0.3, 0.4) is 0 Å². The lowest BCUT2D eigenvalue weighted by Crippen LogP contribution is -2.39. The molecule has 156 valence electrons. The molecule has 1 fully saturated rings. The van der Waals surface area contributed by atoms with Crippen LogP contribution >= 0.6 is 0 Å². The smallest absolute Gasteiger partial charge is 0.316 e. The Hall–Kier alpha value is -3.35. The molecule has 7 heteroatoms. The van der Waals surface area contributed by atoms with E-state index in [0.717, 1.165) is 32.1 Å². The highest BCUT2D eigenvalue weighted by atomic mass is 16.5. The number of carbonyl (C=O) groups is 1. The number of hydrogen-bond acceptors (Lipinski definition) is 4. The van der Waals surface area contributed by atoms with Gasteiger partial charge in [-0.05, 0) is 31.0 Å². The van der Waals surface area contributed by atoms with Gasteiger partial charge in [0.25, 0.3) is 0 Å². The molecular weight excluding hydrogens is 382 g/mol. The summed E-state index contributed by atoms with van der Waals surface area (Å²) in [7, 11) is 3.11. The van der Waals surface area contributed by atoms with Crippen molar-refractivity contribution in [3.05, 3.63) is 63.2 Å². The SMILES string of the molecule is Cn1c(=O)c(=O)n(C)c2cc(Oc3ccccc3)c(NC(=O)C3CCCCC3)cc21. The number of aromatic nitrogens is 2. The molecule has 0 radical (unpaired) electrons. The number of hydrogen-bond donors (Lipinski definition) is 1. The van der Waals surface area contributed by atoms with Crippen molar-refractivity contribution in [1.82, 2.24) is 9.13 Å². The Bertz CT molecular complexity index is 1210. The fraction of sp³-hybridized carbons (Fsp3) is 0.348. The summed E-state index contributed by atoms with van der Waals surface area (Å²) in [6, 6.07) is 12.6. The zero-order valence-corrected chi connectivity index (χ0v) is 17.2. The van der Waals surface area contributed by atoms with E-state index in [4.69, 9.17) is 4.74 Å². The van der Waals surface area contributed by atoms with Gasteiger partial charge in [0.2, 0.25) is 5.91 Å². The predicted octanol–water partition coefficient (Wildman–Crippen LogP) is 3.55. The number of fused-ring (bicyclic) bond motifs is 1. The van der Waals surface area contributed by atoms with E-state index in [1.54, 1.807) is 26.2 Å². The lowest BCUT2D eigenvalue weighted by atomic mass is 9.88. The van der Waals surface area contributed by atoms with Gasteiger partial charge in [0.1, 0.15) is 5.75 Å². The first-order valence-corrected chi connectivity index (χ1v) is 10.2. The molecular formula is C23H25N3O4. The second-order valence-corrected chi connectivity index (χ2v) is 7.80. The molecule has 0 bridgehead atoms. The zero-order chi connectivity index (χ0) is 21.3. The number of aryl methyl sites for hydroxylation is 2. The van der Waals surface area contributed by atoms with Gasteiger partial charge in [-0.1, -0.05) is 37.5 Å². The fourth-order valence-corrected chi connectivity index (χ4v) is 4.00. The summed E-state index contributed by atoms with van der Waals surface area (Å²) in [5.41, 5.74) is 0.335. The maximum Gasteiger partial charge on any atom is 0.316 e. The molecule has 1 amide bonds. The number of para-hydroxylation sites is 1. The van der Waals surface area contributed by atoms with Crippen LogP contribution in [0.25, 0.3) is 11.0 Å². The monoisotopic (exact) mass is 407 g/mol. The van der Waals surface area contributed by atoms with Crippen LogP contribution in [0.15, 0.2) is 52.1 Å². The summed E-state index contributed by atoms with van der Waals surface area (Å²) < 4.78 is 8.67. The Kier molecular flexibility index (Phi) is 5.44. The number of carbonyl (C=O) groups excluding carboxylic acids is 1. The van der Waals surface area contributed by atoms with Crippen molar-refractivity contribution < 1.29 is 9.53 Å². The quantitative estimate of drug-likeness (QED) is 0.671. The first-order valence-electron chi connectivity index (χ1n) is 10.2. The third-order valence-electron chi connectivity index (χ3n) is 5.80. The molecule has 0 spiro atoms. The molecule has 0 atom stereocenters. The molecule has 0 aliphatic heterocycles. The van der Waals surface area contributed by atoms with Crippen LogP contribution in [0.5, 0.6) is 11.5 Å². The van der Waals surface area contributed by atoms with Gasteiger partial charge in [0.05, 0.1) is 16.7 Å². The number of nitrogens with one attached hydrogen (secondary N) is 1. The van der Waals surface area contributed by atoms with Crippen LogP contribution in [0.2, 0.25) is 0 Å². The number of nitrogens with zero attached hydrogens (tertiary/aromatic N) is 2. The summed E-state index contributed by atoms with van der Waals surface area (Å²) in [5.74, 6) is 0.969. The average molecular weight is 407 g/mol. The first kappa shape index (κ1) is 19.9. The van der Waals surface area contributed by atoms with Gasteiger partial charge >= 0.3 is 11.1 Å². The topological polar surface area (TPSA) is 82.3 Å². The molecule has 1 aromatic heterocycles. The van der Waals surface area contributed by atoms with E-state index in [2.05, 4.69) is 5.32 Å². The van der Waals surface area contributed by atoms with Crippen LogP contribution in [0.4, 0.5) is 5.69 Å². The minimum atomic E-state index is -0.619. The number of ether oxygens (including phenoxy) is 1. The minimum Gasteiger partial charge on any atom is -0.455 e. The highest BCUT2D eigenvalue weighted by molar-refractivity contribution is 5.96. The van der Waals surface area contributed by atoms with E-state index >= 15 is 0 Å². The molecule has 1 N–H and O–H groups in total. The maximum absolute atomic E-state index is 12.9. The summed E-state index contributed by atoms with van der Waals surface area (Å²) >= 11 is 0. The van der Waals surface area contributed by atoms with Crippen molar-refractivity contribution in [2.75, 3.05) is 5.32 Å². The van der Waals surface area contributed by atoms with Crippen molar-refractivity contribution >= 4 is 22.6 Å². The largest absolute Gasteiger partial charge is 0.455 e. The third-order valence-corrected chi connectivity index (χ3v) is 5.80. The van der Waals surface area contributed by atoms with Crippen molar-refractivity contribution in [2.24, 2.45) is 20.0 Å². The second-order valence-electron chi connectivity index (χ2n) is 7.80. The number of amides is 1. The highest BCUT2D eigenvalue weighted by Gasteiger charge is 2.23. The summed E-state index contributed by atoms with van der Waals surface area (Å²) in [6.45, 7) is 0. The van der Waals surface area contributed by atoms with Crippen molar-refractivity contribution in [3.8, 4) is 11.5 Å². The third kappa shape index (κ3) is 3.75. The van der Waals surface area contributed by atoms with Crippen LogP contribution in [-0.4, -0.2) is 15.0 Å². The van der Waals surface area contributed by atoms with Crippen LogP contribution in [-0.2, 0) is 18.9 Å². The first-order chi connectivity index (χ1) is 14.5. The van der Waals surface area contributed by atoms with Gasteiger partial charge in [0, 0.05) is 26.1 Å².